The molecule has 0 radical (unpaired) electrons. The van der Waals surface area contributed by atoms with Gasteiger partial charge in [-0.05, 0) is 43.0 Å². The molecule has 1 spiro atoms. The number of pyridine rings is 1. The maximum absolute atomic E-state index is 13.0. The van der Waals surface area contributed by atoms with Crippen molar-refractivity contribution in [3.63, 3.8) is 0 Å². The SMILES string of the molecule is C[C@@H]1C[C@H]1C(=O)N1CC[C@@]2(C1)c1cccn1-c1ncccc1N2CC(=O)N(C)C. The van der Waals surface area contributed by atoms with E-state index in [4.69, 9.17) is 0 Å². The standard InChI is InChI=1S/C22H27N5O2/c1-15-12-16(15)21(29)25-11-8-22(14-25)18-7-5-10-26(18)20-17(6-4-9-23-20)27(22)13-19(28)24(2)3/h4-7,9-10,15-16H,8,11-14H2,1-3H3/t15-,16-,22-/m1/s1. The molecule has 152 valence electrons. The van der Waals surface area contributed by atoms with Gasteiger partial charge in [0.2, 0.25) is 11.8 Å². The Bertz CT molecular complexity index is 983. The highest BCUT2D eigenvalue weighted by Crippen LogP contribution is 2.48. The van der Waals surface area contributed by atoms with Crippen LogP contribution in [-0.2, 0) is 15.1 Å². The van der Waals surface area contributed by atoms with Crippen molar-refractivity contribution in [2.45, 2.75) is 25.3 Å². The Morgan fingerprint density at radius 3 is 2.79 bits per heavy atom. The highest BCUT2D eigenvalue weighted by atomic mass is 16.2. The zero-order valence-corrected chi connectivity index (χ0v) is 17.2. The number of likely N-dealkylation sites (N-methyl/N-ethyl adjacent to an activating group) is 1. The summed E-state index contributed by atoms with van der Waals surface area (Å²) in [5.41, 5.74) is 1.63. The van der Waals surface area contributed by atoms with Gasteiger partial charge >= 0.3 is 0 Å². The molecule has 7 heteroatoms. The molecule has 1 saturated carbocycles. The number of amides is 2. The quantitative estimate of drug-likeness (QED) is 0.799. The number of nitrogens with zero attached hydrogens (tertiary/aromatic N) is 5. The lowest BCUT2D eigenvalue weighted by atomic mass is 9.88. The summed E-state index contributed by atoms with van der Waals surface area (Å²) in [6, 6.07) is 8.08. The zero-order chi connectivity index (χ0) is 20.3. The van der Waals surface area contributed by atoms with Crippen LogP contribution in [-0.4, -0.2) is 64.9 Å². The third-order valence-electron chi connectivity index (χ3n) is 6.81. The minimum Gasteiger partial charge on any atom is -0.347 e. The van der Waals surface area contributed by atoms with E-state index in [1.54, 1.807) is 25.2 Å². The van der Waals surface area contributed by atoms with Crippen LogP contribution in [0.3, 0.4) is 0 Å². The number of carbonyl (C=O) groups is 2. The molecule has 0 N–H and O–H groups in total. The van der Waals surface area contributed by atoms with E-state index in [0.29, 0.717) is 12.5 Å². The van der Waals surface area contributed by atoms with Gasteiger partial charge in [0.25, 0.3) is 0 Å². The van der Waals surface area contributed by atoms with Gasteiger partial charge in [-0.25, -0.2) is 4.98 Å². The third kappa shape index (κ3) is 2.67. The van der Waals surface area contributed by atoms with Crippen molar-refractivity contribution in [1.82, 2.24) is 19.4 Å². The number of hydrogen-bond acceptors (Lipinski definition) is 4. The second kappa shape index (κ2) is 6.34. The van der Waals surface area contributed by atoms with E-state index in [1.807, 2.05) is 29.3 Å². The van der Waals surface area contributed by atoms with Gasteiger partial charge < -0.3 is 19.3 Å². The molecule has 7 nitrogen and oxygen atoms in total. The fourth-order valence-corrected chi connectivity index (χ4v) is 4.92. The van der Waals surface area contributed by atoms with Gasteiger partial charge in [0, 0.05) is 45.5 Å². The molecular formula is C22H27N5O2. The fraction of sp³-hybridized carbons (Fsp3) is 0.500. The van der Waals surface area contributed by atoms with E-state index in [2.05, 4.69) is 27.4 Å². The topological polar surface area (TPSA) is 61.7 Å². The van der Waals surface area contributed by atoms with Gasteiger partial charge in [-0.2, -0.15) is 0 Å². The van der Waals surface area contributed by atoms with Crippen molar-refractivity contribution in [2.75, 3.05) is 38.6 Å². The number of rotatable bonds is 3. The monoisotopic (exact) mass is 393 g/mol. The van der Waals surface area contributed by atoms with Crippen molar-refractivity contribution < 1.29 is 9.59 Å². The van der Waals surface area contributed by atoms with Gasteiger partial charge in [-0.1, -0.05) is 6.92 Å². The molecule has 2 aromatic rings. The smallest absolute Gasteiger partial charge is 0.241 e. The number of anilines is 1. The summed E-state index contributed by atoms with van der Waals surface area (Å²) in [5.74, 6) is 1.81. The highest BCUT2D eigenvalue weighted by Gasteiger charge is 2.53. The third-order valence-corrected chi connectivity index (χ3v) is 6.81. The van der Waals surface area contributed by atoms with Crippen LogP contribution in [0.1, 0.15) is 25.5 Å². The summed E-state index contributed by atoms with van der Waals surface area (Å²) in [6.45, 7) is 3.73. The first-order valence-corrected chi connectivity index (χ1v) is 10.3. The molecule has 3 atom stereocenters. The largest absolute Gasteiger partial charge is 0.347 e. The van der Waals surface area contributed by atoms with E-state index in [0.717, 1.165) is 36.6 Å². The molecule has 2 aromatic heterocycles. The molecule has 2 aliphatic heterocycles. The Kier molecular flexibility index (Phi) is 3.98. The van der Waals surface area contributed by atoms with Crippen molar-refractivity contribution in [3.05, 3.63) is 42.4 Å². The average molecular weight is 393 g/mol. The number of aromatic nitrogens is 2. The first kappa shape index (κ1) is 18.2. The van der Waals surface area contributed by atoms with Gasteiger partial charge in [-0.15, -0.1) is 0 Å². The van der Waals surface area contributed by atoms with E-state index in [1.165, 1.54) is 0 Å². The summed E-state index contributed by atoms with van der Waals surface area (Å²) in [6.07, 6.45) is 5.61. The number of hydrogen-bond donors (Lipinski definition) is 0. The summed E-state index contributed by atoms with van der Waals surface area (Å²) in [4.78, 5) is 36.2. The number of carbonyl (C=O) groups excluding carboxylic acids is 2. The van der Waals surface area contributed by atoms with Gasteiger partial charge in [0.05, 0.1) is 17.9 Å². The zero-order valence-electron chi connectivity index (χ0n) is 17.2. The fourth-order valence-electron chi connectivity index (χ4n) is 4.92. The molecule has 2 fully saturated rings. The van der Waals surface area contributed by atoms with Crippen LogP contribution in [0.4, 0.5) is 5.69 Å². The van der Waals surface area contributed by atoms with E-state index < -0.39 is 5.54 Å². The molecule has 3 aliphatic rings. The molecular weight excluding hydrogens is 366 g/mol. The van der Waals surface area contributed by atoms with Crippen molar-refractivity contribution in [2.24, 2.45) is 11.8 Å². The second-order valence-corrected chi connectivity index (χ2v) is 8.84. The molecule has 1 aliphatic carbocycles. The summed E-state index contributed by atoms with van der Waals surface area (Å²) >= 11 is 0. The second-order valence-electron chi connectivity index (χ2n) is 8.84. The van der Waals surface area contributed by atoms with Gasteiger partial charge in [-0.3, -0.25) is 9.59 Å². The molecule has 4 heterocycles. The van der Waals surface area contributed by atoms with Crippen molar-refractivity contribution in [1.29, 1.82) is 0 Å². The maximum atomic E-state index is 13.0. The lowest BCUT2D eigenvalue weighted by molar-refractivity contribution is -0.132. The Morgan fingerprint density at radius 1 is 1.28 bits per heavy atom. The minimum absolute atomic E-state index is 0.0415. The van der Waals surface area contributed by atoms with Crippen molar-refractivity contribution in [3.8, 4) is 5.82 Å². The lowest BCUT2D eigenvalue weighted by Gasteiger charge is -2.47. The molecule has 2 amide bonds. The van der Waals surface area contributed by atoms with Crippen LogP contribution in [0, 0.1) is 11.8 Å². The van der Waals surface area contributed by atoms with Crippen LogP contribution >= 0.6 is 0 Å². The molecule has 0 aromatic carbocycles. The maximum Gasteiger partial charge on any atom is 0.241 e. The first-order chi connectivity index (χ1) is 13.9. The first-order valence-electron chi connectivity index (χ1n) is 10.3. The van der Waals surface area contributed by atoms with Crippen LogP contribution in [0.25, 0.3) is 5.82 Å². The highest BCUT2D eigenvalue weighted by molar-refractivity contribution is 5.85. The molecule has 1 saturated heterocycles. The Balaban J connectivity index is 1.59. The van der Waals surface area contributed by atoms with E-state index in [9.17, 15) is 9.59 Å². The Labute approximate surface area is 170 Å². The predicted molar refractivity (Wildman–Crippen MR) is 110 cm³/mol. The van der Waals surface area contributed by atoms with Gasteiger partial charge in [0.15, 0.2) is 5.82 Å². The summed E-state index contributed by atoms with van der Waals surface area (Å²) in [7, 11) is 3.57. The lowest BCUT2D eigenvalue weighted by Crippen LogP contribution is -2.55. The number of likely N-dealkylation sites (tertiary alicyclic amines) is 1. The normalized spacial score (nSPS) is 27.0. The number of fused-ring (bicyclic) bond motifs is 4. The average Bonchev–Trinajstić information content (AvgIpc) is 3.12. The molecule has 29 heavy (non-hydrogen) atoms. The Hall–Kier alpha value is -2.83. The van der Waals surface area contributed by atoms with E-state index in [-0.39, 0.29) is 24.3 Å². The molecule has 0 bridgehead atoms. The predicted octanol–water partition coefficient (Wildman–Crippen LogP) is 1.86. The summed E-state index contributed by atoms with van der Waals surface area (Å²) < 4.78 is 2.12. The minimum atomic E-state index is -0.418. The van der Waals surface area contributed by atoms with Crippen LogP contribution in [0.2, 0.25) is 0 Å². The van der Waals surface area contributed by atoms with E-state index >= 15 is 0 Å². The van der Waals surface area contributed by atoms with Crippen LogP contribution in [0.5, 0.6) is 0 Å². The van der Waals surface area contributed by atoms with Crippen LogP contribution < -0.4 is 4.90 Å². The van der Waals surface area contributed by atoms with Crippen LogP contribution in [0.15, 0.2) is 36.7 Å². The molecule has 5 rings (SSSR count). The van der Waals surface area contributed by atoms with Gasteiger partial charge in [0.1, 0.15) is 5.54 Å². The van der Waals surface area contributed by atoms with Crippen molar-refractivity contribution >= 4 is 17.5 Å². The molecule has 0 unspecified atom stereocenters. The summed E-state index contributed by atoms with van der Waals surface area (Å²) in [5, 5.41) is 0. The Morgan fingerprint density at radius 2 is 2.07 bits per heavy atom.